The molecule has 0 saturated heterocycles. The highest BCUT2D eigenvalue weighted by Crippen LogP contribution is 2.34. The zero-order valence-electron chi connectivity index (χ0n) is 13.0. The third kappa shape index (κ3) is 2.71. The molecule has 22 heavy (non-hydrogen) atoms. The first-order valence-corrected chi connectivity index (χ1v) is 8.53. The molecule has 1 heterocycles. The second kappa shape index (κ2) is 6.26. The number of nitrogens with two attached hydrogens (primary N) is 1. The molecular formula is C17H22N2O2S. The van der Waals surface area contributed by atoms with Crippen molar-refractivity contribution in [3.05, 3.63) is 28.6 Å². The van der Waals surface area contributed by atoms with Crippen LogP contribution in [0, 0.1) is 12.8 Å². The Morgan fingerprint density at radius 2 is 2.27 bits per heavy atom. The number of rotatable bonds is 4. The summed E-state index contributed by atoms with van der Waals surface area (Å²) in [6.45, 7) is 2.65. The molecule has 1 fully saturated rings. The van der Waals surface area contributed by atoms with E-state index in [1.54, 1.807) is 18.4 Å². The van der Waals surface area contributed by atoms with Crippen molar-refractivity contribution in [2.75, 3.05) is 13.7 Å². The quantitative estimate of drug-likeness (QED) is 0.910. The van der Waals surface area contributed by atoms with Gasteiger partial charge in [-0.15, -0.1) is 11.3 Å². The van der Waals surface area contributed by atoms with Crippen molar-refractivity contribution >= 4 is 27.3 Å². The molecule has 3 rings (SSSR count). The van der Waals surface area contributed by atoms with Crippen LogP contribution in [-0.2, 0) is 0 Å². The van der Waals surface area contributed by atoms with Gasteiger partial charge in [-0.1, -0.05) is 6.42 Å². The number of amides is 1. The number of hydrogen-bond donors (Lipinski definition) is 2. The highest BCUT2D eigenvalue weighted by molar-refractivity contribution is 7.21. The molecule has 5 heteroatoms. The third-order valence-corrected chi connectivity index (χ3v) is 5.90. The number of nitrogens with one attached hydrogen (secondary N) is 1. The summed E-state index contributed by atoms with van der Waals surface area (Å²) in [5.41, 5.74) is 6.83. The lowest BCUT2D eigenvalue weighted by Crippen LogP contribution is -2.39. The van der Waals surface area contributed by atoms with Gasteiger partial charge >= 0.3 is 0 Å². The van der Waals surface area contributed by atoms with E-state index in [-0.39, 0.29) is 11.9 Å². The number of benzene rings is 1. The van der Waals surface area contributed by atoms with Gasteiger partial charge in [-0.05, 0) is 61.4 Å². The van der Waals surface area contributed by atoms with Crippen LogP contribution in [0.15, 0.2) is 18.2 Å². The summed E-state index contributed by atoms with van der Waals surface area (Å²) < 4.78 is 6.39. The van der Waals surface area contributed by atoms with Crippen molar-refractivity contribution in [2.24, 2.45) is 11.7 Å². The smallest absolute Gasteiger partial charge is 0.261 e. The van der Waals surface area contributed by atoms with Crippen LogP contribution in [0.4, 0.5) is 0 Å². The zero-order valence-corrected chi connectivity index (χ0v) is 13.8. The Labute approximate surface area is 134 Å². The number of ether oxygens (including phenoxy) is 1. The first kappa shape index (κ1) is 15.3. The molecule has 1 amide bonds. The third-order valence-electron chi connectivity index (χ3n) is 4.63. The lowest BCUT2D eigenvalue weighted by Gasteiger charge is -2.19. The van der Waals surface area contributed by atoms with E-state index in [0.717, 1.165) is 45.5 Å². The number of hydrogen-bond acceptors (Lipinski definition) is 4. The van der Waals surface area contributed by atoms with Gasteiger partial charge in [-0.25, -0.2) is 0 Å². The SMILES string of the molecule is COc1ccc2sc(C(=O)NC3CCCC3CN)c(C)c2c1. The lowest BCUT2D eigenvalue weighted by atomic mass is 10.0. The molecule has 1 aliphatic carbocycles. The second-order valence-corrected chi connectivity index (χ2v) is 6.98. The molecule has 1 aromatic carbocycles. The van der Waals surface area contributed by atoms with E-state index in [4.69, 9.17) is 10.5 Å². The van der Waals surface area contributed by atoms with E-state index in [1.807, 2.05) is 25.1 Å². The molecule has 2 atom stereocenters. The van der Waals surface area contributed by atoms with Gasteiger partial charge in [0.25, 0.3) is 5.91 Å². The fraction of sp³-hybridized carbons (Fsp3) is 0.471. The predicted octanol–water partition coefficient (Wildman–Crippen LogP) is 3.08. The molecule has 1 aliphatic rings. The number of thiophene rings is 1. The number of fused-ring (bicyclic) bond motifs is 1. The van der Waals surface area contributed by atoms with Gasteiger partial charge < -0.3 is 15.8 Å². The summed E-state index contributed by atoms with van der Waals surface area (Å²) in [6, 6.07) is 6.16. The van der Waals surface area contributed by atoms with Crippen molar-refractivity contribution in [3.63, 3.8) is 0 Å². The van der Waals surface area contributed by atoms with Crippen LogP contribution >= 0.6 is 11.3 Å². The van der Waals surface area contributed by atoms with Crippen molar-refractivity contribution in [1.29, 1.82) is 0 Å². The molecule has 4 nitrogen and oxygen atoms in total. The van der Waals surface area contributed by atoms with Crippen LogP contribution in [0.5, 0.6) is 5.75 Å². The topological polar surface area (TPSA) is 64.3 Å². The predicted molar refractivity (Wildman–Crippen MR) is 90.8 cm³/mol. The Hall–Kier alpha value is -1.59. The first-order chi connectivity index (χ1) is 10.6. The van der Waals surface area contributed by atoms with E-state index in [9.17, 15) is 4.79 Å². The normalized spacial score (nSPS) is 21.2. The molecule has 118 valence electrons. The second-order valence-electron chi connectivity index (χ2n) is 5.92. The van der Waals surface area contributed by atoms with Crippen LogP contribution in [0.3, 0.4) is 0 Å². The van der Waals surface area contributed by atoms with Crippen molar-refractivity contribution in [3.8, 4) is 5.75 Å². The summed E-state index contributed by atoms with van der Waals surface area (Å²) in [4.78, 5) is 13.4. The molecule has 0 bridgehead atoms. The van der Waals surface area contributed by atoms with Crippen LogP contribution in [-0.4, -0.2) is 25.6 Å². The van der Waals surface area contributed by atoms with E-state index >= 15 is 0 Å². The Morgan fingerprint density at radius 1 is 1.45 bits per heavy atom. The maximum Gasteiger partial charge on any atom is 0.261 e. The van der Waals surface area contributed by atoms with Crippen LogP contribution < -0.4 is 15.8 Å². The van der Waals surface area contributed by atoms with Crippen molar-refractivity contribution in [1.82, 2.24) is 5.32 Å². The minimum Gasteiger partial charge on any atom is -0.497 e. The molecule has 0 spiro atoms. The van der Waals surface area contributed by atoms with Gasteiger partial charge in [-0.3, -0.25) is 4.79 Å². The number of aryl methyl sites for hydroxylation is 1. The van der Waals surface area contributed by atoms with E-state index in [2.05, 4.69) is 5.32 Å². The van der Waals surface area contributed by atoms with Gasteiger partial charge in [0, 0.05) is 10.7 Å². The molecule has 1 aromatic heterocycles. The van der Waals surface area contributed by atoms with Crippen LogP contribution in [0.25, 0.3) is 10.1 Å². The monoisotopic (exact) mass is 318 g/mol. The molecule has 1 saturated carbocycles. The van der Waals surface area contributed by atoms with Gasteiger partial charge in [0.2, 0.25) is 0 Å². The standard InChI is InChI=1S/C17H22N2O2S/c1-10-13-8-12(21-2)6-7-15(13)22-16(10)17(20)19-14-5-3-4-11(14)9-18/h6-8,11,14H,3-5,9,18H2,1-2H3,(H,19,20). The minimum absolute atomic E-state index is 0.0306. The average Bonchev–Trinajstić information content (AvgIpc) is 3.11. The molecule has 2 unspecified atom stereocenters. The highest BCUT2D eigenvalue weighted by Gasteiger charge is 2.28. The maximum atomic E-state index is 12.6. The van der Waals surface area contributed by atoms with E-state index in [0.29, 0.717) is 12.5 Å². The number of carbonyl (C=O) groups is 1. The summed E-state index contributed by atoms with van der Waals surface area (Å²) in [7, 11) is 1.66. The average molecular weight is 318 g/mol. The van der Waals surface area contributed by atoms with E-state index in [1.165, 1.54) is 0 Å². The number of carbonyl (C=O) groups excluding carboxylic acids is 1. The van der Waals surface area contributed by atoms with Crippen molar-refractivity contribution < 1.29 is 9.53 Å². The van der Waals surface area contributed by atoms with Gasteiger partial charge in [-0.2, -0.15) is 0 Å². The van der Waals surface area contributed by atoms with Crippen LogP contribution in [0.1, 0.15) is 34.5 Å². The Balaban J connectivity index is 1.86. The fourth-order valence-electron chi connectivity index (χ4n) is 3.29. The lowest BCUT2D eigenvalue weighted by molar-refractivity contribution is 0.0932. The molecule has 2 aromatic rings. The summed E-state index contributed by atoms with van der Waals surface area (Å²) in [6.07, 6.45) is 3.30. The van der Waals surface area contributed by atoms with Gasteiger partial charge in [0.1, 0.15) is 5.75 Å². The van der Waals surface area contributed by atoms with Crippen molar-refractivity contribution in [2.45, 2.75) is 32.2 Å². The summed E-state index contributed by atoms with van der Waals surface area (Å²) in [5.74, 6) is 1.26. The van der Waals surface area contributed by atoms with Gasteiger partial charge in [0.05, 0.1) is 12.0 Å². The first-order valence-electron chi connectivity index (χ1n) is 7.72. The fourth-order valence-corrected chi connectivity index (χ4v) is 4.38. The van der Waals surface area contributed by atoms with Crippen LogP contribution in [0.2, 0.25) is 0 Å². The molecule has 3 N–H and O–H groups in total. The summed E-state index contributed by atoms with van der Waals surface area (Å²) >= 11 is 1.54. The summed E-state index contributed by atoms with van der Waals surface area (Å²) in [5, 5.41) is 4.28. The largest absolute Gasteiger partial charge is 0.497 e. The Kier molecular flexibility index (Phi) is 4.36. The maximum absolute atomic E-state index is 12.6. The van der Waals surface area contributed by atoms with E-state index < -0.39 is 0 Å². The zero-order chi connectivity index (χ0) is 15.7. The molecule has 0 aliphatic heterocycles. The minimum atomic E-state index is 0.0306. The molecular weight excluding hydrogens is 296 g/mol. The number of methoxy groups -OCH3 is 1. The molecule has 0 radical (unpaired) electrons. The van der Waals surface area contributed by atoms with Gasteiger partial charge in [0.15, 0.2) is 0 Å². The Morgan fingerprint density at radius 3 is 3.00 bits per heavy atom. The highest BCUT2D eigenvalue weighted by atomic mass is 32.1. The Bertz CT molecular complexity index is 695.